The molecule has 0 bridgehead atoms. The zero-order chi connectivity index (χ0) is 19.5. The number of nitrogens with zero attached hydrogens (tertiary/aromatic N) is 1. The van der Waals surface area contributed by atoms with Gasteiger partial charge < -0.3 is 29.3 Å². The molecular formula is C19H32IN3O5. The van der Waals surface area contributed by atoms with Gasteiger partial charge in [0.15, 0.2) is 5.96 Å². The molecule has 0 amide bonds. The molecule has 1 saturated heterocycles. The summed E-state index contributed by atoms with van der Waals surface area (Å²) in [6.45, 7) is 7.81. The summed E-state index contributed by atoms with van der Waals surface area (Å²) in [6.07, 6.45) is 3.38. The fourth-order valence-electron chi connectivity index (χ4n) is 2.80. The van der Waals surface area contributed by atoms with Crippen molar-refractivity contribution in [3.05, 3.63) is 23.2 Å². The minimum Gasteiger partial charge on any atom is -0.465 e. The Hall–Kier alpha value is -1.33. The zero-order valence-corrected chi connectivity index (χ0v) is 19.2. The molecule has 160 valence electrons. The summed E-state index contributed by atoms with van der Waals surface area (Å²) in [4.78, 5) is 16.1. The second kappa shape index (κ2) is 13.8. The maximum Gasteiger partial charge on any atom is 0.341 e. The Balaban J connectivity index is 0.00000392. The number of methoxy groups -OCH3 is 1. The molecule has 1 aliphatic rings. The van der Waals surface area contributed by atoms with Crippen LogP contribution < -0.4 is 10.6 Å². The normalized spacial score (nSPS) is 16.5. The van der Waals surface area contributed by atoms with Crippen LogP contribution in [0.25, 0.3) is 0 Å². The van der Waals surface area contributed by atoms with E-state index in [0.717, 1.165) is 39.0 Å². The van der Waals surface area contributed by atoms with Gasteiger partial charge in [0.1, 0.15) is 23.6 Å². The highest BCUT2D eigenvalue weighted by Crippen LogP contribution is 2.16. The number of rotatable bonds is 10. The Morgan fingerprint density at radius 2 is 2.21 bits per heavy atom. The minimum absolute atomic E-state index is 0. The standard InChI is InChI=1S/C19H31N3O5.HI/c1-4-20-19(21-8-6-9-25-13-15-7-5-10-26-15)22-12-16-11-17(14(2)27-16)18(23)24-3;/h11,15H,4-10,12-13H2,1-3H3,(H2,20,21,22);1H. The number of carbonyl (C=O) groups excluding carboxylic acids is 1. The van der Waals surface area contributed by atoms with Crippen LogP contribution in [0.15, 0.2) is 15.5 Å². The van der Waals surface area contributed by atoms with Gasteiger partial charge in [-0.05, 0) is 39.2 Å². The molecule has 28 heavy (non-hydrogen) atoms. The number of hydrogen-bond donors (Lipinski definition) is 2. The quantitative estimate of drug-likeness (QED) is 0.165. The van der Waals surface area contributed by atoms with Gasteiger partial charge in [0.05, 0.1) is 19.8 Å². The Morgan fingerprint density at radius 1 is 1.39 bits per heavy atom. The largest absolute Gasteiger partial charge is 0.465 e. The number of halogens is 1. The Bertz CT molecular complexity index is 615. The zero-order valence-electron chi connectivity index (χ0n) is 16.9. The predicted molar refractivity (Wildman–Crippen MR) is 117 cm³/mol. The lowest BCUT2D eigenvalue weighted by Gasteiger charge is -2.12. The molecule has 1 atom stereocenters. The highest BCUT2D eigenvalue weighted by atomic mass is 127. The first-order valence-electron chi connectivity index (χ1n) is 9.53. The fourth-order valence-corrected chi connectivity index (χ4v) is 2.80. The molecule has 0 aromatic carbocycles. The van der Waals surface area contributed by atoms with E-state index >= 15 is 0 Å². The van der Waals surface area contributed by atoms with Gasteiger partial charge in [-0.15, -0.1) is 24.0 Å². The number of guanidine groups is 1. The molecule has 0 radical (unpaired) electrons. The molecule has 0 aliphatic carbocycles. The summed E-state index contributed by atoms with van der Waals surface area (Å²) >= 11 is 0. The molecule has 2 rings (SSSR count). The number of ether oxygens (including phenoxy) is 3. The van der Waals surface area contributed by atoms with Crippen LogP contribution in [0.4, 0.5) is 0 Å². The van der Waals surface area contributed by atoms with Crippen LogP contribution >= 0.6 is 24.0 Å². The van der Waals surface area contributed by atoms with Crippen LogP contribution in [0, 0.1) is 6.92 Å². The van der Waals surface area contributed by atoms with E-state index in [0.29, 0.717) is 42.8 Å². The maximum absolute atomic E-state index is 11.6. The van der Waals surface area contributed by atoms with E-state index < -0.39 is 5.97 Å². The number of esters is 1. The van der Waals surface area contributed by atoms with Gasteiger partial charge in [-0.1, -0.05) is 0 Å². The van der Waals surface area contributed by atoms with Crippen molar-refractivity contribution >= 4 is 35.9 Å². The topological polar surface area (TPSA) is 94.3 Å². The van der Waals surface area contributed by atoms with Crippen LogP contribution in [0.3, 0.4) is 0 Å². The van der Waals surface area contributed by atoms with Crippen LogP contribution in [-0.4, -0.2) is 58.1 Å². The number of carbonyl (C=O) groups is 1. The van der Waals surface area contributed by atoms with Crippen molar-refractivity contribution in [2.45, 2.75) is 45.8 Å². The highest BCUT2D eigenvalue weighted by Gasteiger charge is 2.16. The first kappa shape index (κ1) is 24.7. The van der Waals surface area contributed by atoms with Crippen LogP contribution in [0.5, 0.6) is 0 Å². The van der Waals surface area contributed by atoms with Crippen molar-refractivity contribution < 1.29 is 23.4 Å². The molecule has 8 nitrogen and oxygen atoms in total. The summed E-state index contributed by atoms with van der Waals surface area (Å²) in [5.74, 6) is 1.45. The van der Waals surface area contributed by atoms with Crippen LogP contribution in [0.1, 0.15) is 48.1 Å². The molecule has 1 aromatic rings. The fraction of sp³-hybridized carbons (Fsp3) is 0.684. The third kappa shape index (κ3) is 8.36. The molecule has 1 aliphatic heterocycles. The van der Waals surface area contributed by atoms with Crippen molar-refractivity contribution in [3.8, 4) is 0 Å². The first-order chi connectivity index (χ1) is 13.1. The molecule has 0 spiro atoms. The third-order valence-corrected chi connectivity index (χ3v) is 4.20. The molecule has 1 fully saturated rings. The Labute approximate surface area is 183 Å². The second-order valence-corrected chi connectivity index (χ2v) is 6.36. The van der Waals surface area contributed by atoms with E-state index in [9.17, 15) is 4.79 Å². The number of hydrogen-bond acceptors (Lipinski definition) is 6. The average molecular weight is 509 g/mol. The third-order valence-electron chi connectivity index (χ3n) is 4.20. The maximum atomic E-state index is 11.6. The average Bonchev–Trinajstić information content (AvgIpc) is 3.31. The summed E-state index contributed by atoms with van der Waals surface area (Å²) in [6, 6.07) is 1.67. The first-order valence-corrected chi connectivity index (χ1v) is 9.53. The van der Waals surface area contributed by atoms with Crippen molar-refractivity contribution in [2.24, 2.45) is 4.99 Å². The van der Waals surface area contributed by atoms with Gasteiger partial charge in [-0.25, -0.2) is 9.79 Å². The van der Waals surface area contributed by atoms with Gasteiger partial charge in [0, 0.05) is 26.3 Å². The Kier molecular flexibility index (Phi) is 12.2. The van der Waals surface area contributed by atoms with Crippen LogP contribution in [-0.2, 0) is 20.8 Å². The van der Waals surface area contributed by atoms with Crippen LogP contribution in [0.2, 0.25) is 0 Å². The van der Waals surface area contributed by atoms with Gasteiger partial charge in [-0.3, -0.25) is 0 Å². The molecule has 1 unspecified atom stereocenters. The van der Waals surface area contributed by atoms with E-state index in [1.165, 1.54) is 7.11 Å². The summed E-state index contributed by atoms with van der Waals surface area (Å²) in [5, 5.41) is 6.46. The van der Waals surface area contributed by atoms with E-state index in [-0.39, 0.29) is 30.1 Å². The lowest BCUT2D eigenvalue weighted by atomic mass is 10.2. The second-order valence-electron chi connectivity index (χ2n) is 6.36. The Morgan fingerprint density at radius 3 is 2.89 bits per heavy atom. The van der Waals surface area contributed by atoms with E-state index in [2.05, 4.69) is 15.6 Å². The number of furan rings is 1. The van der Waals surface area contributed by atoms with Gasteiger partial charge >= 0.3 is 5.97 Å². The molecule has 0 saturated carbocycles. The highest BCUT2D eigenvalue weighted by molar-refractivity contribution is 14.0. The summed E-state index contributed by atoms with van der Waals surface area (Å²) < 4.78 is 21.5. The monoisotopic (exact) mass is 509 g/mol. The molecule has 9 heteroatoms. The molecule has 2 heterocycles. The minimum atomic E-state index is -0.403. The lowest BCUT2D eigenvalue weighted by Crippen LogP contribution is -2.38. The number of aliphatic imine (C=N–C) groups is 1. The van der Waals surface area contributed by atoms with Crippen molar-refractivity contribution in [2.75, 3.05) is 40.0 Å². The molecule has 1 aromatic heterocycles. The van der Waals surface area contributed by atoms with Gasteiger partial charge in [0.2, 0.25) is 0 Å². The van der Waals surface area contributed by atoms with Crippen molar-refractivity contribution in [1.29, 1.82) is 0 Å². The van der Waals surface area contributed by atoms with Crippen molar-refractivity contribution in [3.63, 3.8) is 0 Å². The van der Waals surface area contributed by atoms with Gasteiger partial charge in [-0.2, -0.15) is 0 Å². The van der Waals surface area contributed by atoms with Crippen molar-refractivity contribution in [1.82, 2.24) is 10.6 Å². The predicted octanol–water partition coefficient (Wildman–Crippen LogP) is 2.63. The number of aryl methyl sites for hydroxylation is 1. The van der Waals surface area contributed by atoms with E-state index in [1.54, 1.807) is 13.0 Å². The van der Waals surface area contributed by atoms with E-state index in [1.807, 2.05) is 6.92 Å². The molecule has 2 N–H and O–H groups in total. The summed E-state index contributed by atoms with van der Waals surface area (Å²) in [5.41, 5.74) is 0.434. The number of nitrogens with one attached hydrogen (secondary N) is 2. The molecular weight excluding hydrogens is 477 g/mol. The van der Waals surface area contributed by atoms with Gasteiger partial charge in [0.25, 0.3) is 0 Å². The smallest absolute Gasteiger partial charge is 0.341 e. The lowest BCUT2D eigenvalue weighted by molar-refractivity contribution is 0.0168. The van der Waals surface area contributed by atoms with E-state index in [4.69, 9.17) is 18.6 Å². The summed E-state index contributed by atoms with van der Waals surface area (Å²) in [7, 11) is 1.35. The SMILES string of the molecule is CCNC(=NCc1cc(C(=O)OC)c(C)o1)NCCCOCC1CCCO1.I.